The van der Waals surface area contributed by atoms with E-state index in [-0.39, 0.29) is 6.42 Å². The highest BCUT2D eigenvalue weighted by molar-refractivity contribution is 5.65. The molecule has 3 nitrogen and oxygen atoms in total. The predicted octanol–water partition coefficient (Wildman–Crippen LogP) is 0.460. The van der Waals surface area contributed by atoms with E-state index in [1.807, 2.05) is 13.8 Å². The average molecular weight is 154 g/mol. The zero-order chi connectivity index (χ0) is 8.85. The molecule has 0 aromatic rings. The molecule has 0 aliphatic carbocycles. The maximum absolute atomic E-state index is 10.1. The molecule has 0 bridgehead atoms. The van der Waals surface area contributed by atoms with Crippen LogP contribution in [-0.4, -0.2) is 12.0 Å². The maximum atomic E-state index is 10.1. The van der Waals surface area contributed by atoms with Gasteiger partial charge in [-0.15, -0.1) is 0 Å². The zero-order valence-corrected chi connectivity index (χ0v) is 6.83. The van der Waals surface area contributed by atoms with Gasteiger partial charge in [0.25, 0.3) is 0 Å². The molecule has 1 atom stereocenters. The van der Waals surface area contributed by atoms with Crippen molar-refractivity contribution >= 4 is 5.97 Å². The summed E-state index contributed by atoms with van der Waals surface area (Å²) in [5.74, 6) is -0.764. The summed E-state index contributed by atoms with van der Waals surface area (Å²) >= 11 is 0. The number of carbonyl (C=O) groups is 1. The number of carbonyl (C=O) groups excluding carboxylic acids is 1. The molecule has 0 amide bonds. The Morgan fingerprint density at radius 3 is 2.45 bits per heavy atom. The van der Waals surface area contributed by atoms with Crippen LogP contribution in [0.3, 0.4) is 0 Å². The summed E-state index contributed by atoms with van der Waals surface area (Å²) in [5, 5.41) is 10.1. The van der Waals surface area contributed by atoms with Crippen LogP contribution >= 0.6 is 0 Å². The topological polar surface area (TPSA) is 44.5 Å². The SMILES string of the molecule is [C-]#[N+][C@H](CC(=O)[O-])CC(C)C. The van der Waals surface area contributed by atoms with Crippen molar-refractivity contribution in [2.45, 2.75) is 32.7 Å². The van der Waals surface area contributed by atoms with E-state index in [2.05, 4.69) is 4.85 Å². The molecule has 0 N–H and O–H groups in total. The van der Waals surface area contributed by atoms with Crippen LogP contribution < -0.4 is 5.11 Å². The quantitative estimate of drug-likeness (QED) is 0.552. The summed E-state index contributed by atoms with van der Waals surface area (Å²) in [5.41, 5.74) is 0. The molecular formula is C8H12NO2-. The van der Waals surface area contributed by atoms with Crippen molar-refractivity contribution in [2.24, 2.45) is 5.92 Å². The van der Waals surface area contributed by atoms with Crippen LogP contribution in [0.1, 0.15) is 26.7 Å². The van der Waals surface area contributed by atoms with Crippen LogP contribution in [-0.2, 0) is 4.79 Å². The summed E-state index contributed by atoms with van der Waals surface area (Å²) in [6.45, 7) is 10.6. The number of hydrogen-bond acceptors (Lipinski definition) is 2. The van der Waals surface area contributed by atoms with Gasteiger partial charge in [-0.05, 0) is 5.92 Å². The first-order valence-electron chi connectivity index (χ1n) is 3.62. The summed E-state index contributed by atoms with van der Waals surface area (Å²) < 4.78 is 0. The second kappa shape index (κ2) is 4.73. The van der Waals surface area contributed by atoms with Crippen LogP contribution in [0.5, 0.6) is 0 Å². The molecule has 0 aliphatic rings. The number of nitrogens with zero attached hydrogens (tertiary/aromatic N) is 1. The number of carboxylic acid groups (broad SMARTS) is 1. The van der Waals surface area contributed by atoms with Crippen molar-refractivity contribution in [2.75, 3.05) is 0 Å². The third-order valence-electron chi connectivity index (χ3n) is 1.33. The molecule has 0 spiro atoms. The summed E-state index contributed by atoms with van der Waals surface area (Å²) in [6, 6.07) is -0.403. The Labute approximate surface area is 66.9 Å². The minimum Gasteiger partial charge on any atom is -0.550 e. The first-order valence-corrected chi connectivity index (χ1v) is 3.62. The molecule has 0 aliphatic heterocycles. The Morgan fingerprint density at radius 2 is 2.18 bits per heavy atom. The van der Waals surface area contributed by atoms with Crippen molar-refractivity contribution in [3.8, 4) is 0 Å². The van der Waals surface area contributed by atoms with Crippen molar-refractivity contribution < 1.29 is 9.90 Å². The fourth-order valence-electron chi connectivity index (χ4n) is 0.918. The van der Waals surface area contributed by atoms with Gasteiger partial charge in [0.2, 0.25) is 6.04 Å². The molecule has 0 aromatic carbocycles. The third-order valence-corrected chi connectivity index (χ3v) is 1.33. The molecule has 11 heavy (non-hydrogen) atoms. The first kappa shape index (κ1) is 9.96. The molecule has 0 radical (unpaired) electrons. The van der Waals surface area contributed by atoms with E-state index in [0.717, 1.165) is 0 Å². The lowest BCUT2D eigenvalue weighted by atomic mass is 10.0. The lowest BCUT2D eigenvalue weighted by Crippen LogP contribution is -2.26. The van der Waals surface area contributed by atoms with Crippen LogP contribution in [0.15, 0.2) is 0 Å². The van der Waals surface area contributed by atoms with E-state index in [4.69, 9.17) is 6.57 Å². The molecule has 62 valence electrons. The highest BCUT2D eigenvalue weighted by Gasteiger charge is 2.14. The van der Waals surface area contributed by atoms with Crippen molar-refractivity contribution in [3.05, 3.63) is 11.4 Å². The third kappa shape index (κ3) is 5.41. The minimum absolute atomic E-state index is 0.137. The molecule has 0 heterocycles. The Morgan fingerprint density at radius 1 is 1.64 bits per heavy atom. The van der Waals surface area contributed by atoms with E-state index >= 15 is 0 Å². The van der Waals surface area contributed by atoms with Gasteiger partial charge in [-0.25, -0.2) is 6.57 Å². The molecular weight excluding hydrogens is 142 g/mol. The molecule has 0 unspecified atom stereocenters. The first-order chi connectivity index (χ1) is 5.06. The van der Waals surface area contributed by atoms with Crippen LogP contribution in [0, 0.1) is 12.5 Å². The summed E-state index contributed by atoms with van der Waals surface area (Å²) in [6.07, 6.45) is 0.499. The average Bonchev–Trinajstić information content (AvgIpc) is 1.84. The van der Waals surface area contributed by atoms with Gasteiger partial charge < -0.3 is 14.7 Å². The monoisotopic (exact) mass is 154 g/mol. The van der Waals surface area contributed by atoms with E-state index in [9.17, 15) is 9.90 Å². The lowest BCUT2D eigenvalue weighted by molar-refractivity contribution is -0.305. The highest BCUT2D eigenvalue weighted by atomic mass is 16.4. The van der Waals surface area contributed by atoms with Gasteiger partial charge in [0.15, 0.2) is 0 Å². The summed E-state index contributed by atoms with van der Waals surface area (Å²) in [7, 11) is 0. The molecule has 0 fully saturated rings. The molecule has 0 rings (SSSR count). The Balaban J connectivity index is 3.79. The second-order valence-electron chi connectivity index (χ2n) is 2.99. The summed E-state index contributed by atoms with van der Waals surface area (Å²) in [4.78, 5) is 13.3. The van der Waals surface area contributed by atoms with E-state index in [1.54, 1.807) is 0 Å². The van der Waals surface area contributed by atoms with Gasteiger partial charge >= 0.3 is 0 Å². The van der Waals surface area contributed by atoms with Gasteiger partial charge in [0.1, 0.15) is 0 Å². The number of aliphatic carboxylic acids is 1. The fraction of sp³-hybridized carbons (Fsp3) is 0.750. The van der Waals surface area contributed by atoms with Gasteiger partial charge in [0.05, 0.1) is 6.42 Å². The van der Waals surface area contributed by atoms with E-state index < -0.39 is 12.0 Å². The van der Waals surface area contributed by atoms with Crippen molar-refractivity contribution in [1.29, 1.82) is 0 Å². The Hall–Kier alpha value is -1.04. The molecule has 3 heteroatoms. The van der Waals surface area contributed by atoms with E-state index in [0.29, 0.717) is 12.3 Å². The Bertz CT molecular complexity index is 169. The zero-order valence-electron chi connectivity index (χ0n) is 6.83. The highest BCUT2D eigenvalue weighted by Crippen LogP contribution is 2.10. The normalized spacial score (nSPS) is 12.5. The molecule has 0 aromatic heterocycles. The van der Waals surface area contributed by atoms with Gasteiger partial charge in [-0.2, -0.15) is 0 Å². The fourth-order valence-corrected chi connectivity index (χ4v) is 0.918. The second-order valence-corrected chi connectivity index (χ2v) is 2.99. The number of rotatable bonds is 4. The Kier molecular flexibility index (Phi) is 4.28. The van der Waals surface area contributed by atoms with Crippen LogP contribution in [0.4, 0.5) is 0 Å². The smallest absolute Gasteiger partial charge is 0.229 e. The largest absolute Gasteiger partial charge is 0.550 e. The predicted molar refractivity (Wildman–Crippen MR) is 39.5 cm³/mol. The number of hydrogen-bond donors (Lipinski definition) is 0. The molecule has 0 saturated heterocycles. The van der Waals surface area contributed by atoms with Crippen molar-refractivity contribution in [1.82, 2.24) is 0 Å². The standard InChI is InChI=1S/C8H13NO2/c1-6(2)4-7(9-3)5-8(10)11/h6-7H,4-5H2,1-2H3,(H,10,11)/p-1/t7-/m0/s1. The van der Waals surface area contributed by atoms with Crippen LogP contribution in [0.2, 0.25) is 0 Å². The van der Waals surface area contributed by atoms with E-state index in [1.165, 1.54) is 0 Å². The van der Waals surface area contributed by atoms with Gasteiger partial charge in [-0.3, -0.25) is 0 Å². The maximum Gasteiger partial charge on any atom is 0.229 e. The van der Waals surface area contributed by atoms with Crippen molar-refractivity contribution in [3.63, 3.8) is 0 Å². The van der Waals surface area contributed by atoms with Gasteiger partial charge in [-0.1, -0.05) is 13.8 Å². The lowest BCUT2D eigenvalue weighted by Gasteiger charge is -2.07. The minimum atomic E-state index is -1.13. The molecule has 0 saturated carbocycles. The van der Waals surface area contributed by atoms with Crippen LogP contribution in [0.25, 0.3) is 4.85 Å². The number of carboxylic acids is 1. The van der Waals surface area contributed by atoms with Gasteiger partial charge in [0, 0.05) is 12.4 Å².